The Morgan fingerprint density at radius 1 is 1.04 bits per heavy atom. The zero-order valence-electron chi connectivity index (χ0n) is 14.8. The molecule has 2 N–H and O–H groups in total. The first-order chi connectivity index (χ1) is 11.5. The Bertz CT molecular complexity index is 547. The number of carbonyl (C=O) groups excluding carboxylic acids is 2. The predicted molar refractivity (Wildman–Crippen MR) is 95.9 cm³/mol. The van der Waals surface area contributed by atoms with E-state index in [4.69, 9.17) is 0 Å². The van der Waals surface area contributed by atoms with E-state index in [0.717, 1.165) is 26.1 Å². The quantitative estimate of drug-likeness (QED) is 0.886. The molecule has 0 radical (unpaired) electrons. The summed E-state index contributed by atoms with van der Waals surface area (Å²) in [6, 6.07) is 8.37. The van der Waals surface area contributed by atoms with Crippen LogP contribution in [0.4, 0.5) is 10.5 Å². The van der Waals surface area contributed by atoms with Crippen LogP contribution < -0.4 is 10.6 Å². The van der Waals surface area contributed by atoms with Crippen molar-refractivity contribution in [3.63, 3.8) is 0 Å². The van der Waals surface area contributed by atoms with Crippen LogP contribution >= 0.6 is 0 Å². The minimum Gasteiger partial charge on any atom is -0.340 e. The highest BCUT2D eigenvalue weighted by molar-refractivity contribution is 5.93. The maximum absolute atomic E-state index is 12.9. The predicted octanol–water partition coefficient (Wildman–Crippen LogP) is 2.00. The second kappa shape index (κ2) is 8.68. The number of amides is 3. The topological polar surface area (TPSA) is 64.7 Å². The van der Waals surface area contributed by atoms with E-state index in [2.05, 4.69) is 22.6 Å². The van der Waals surface area contributed by atoms with Crippen molar-refractivity contribution in [3.8, 4) is 0 Å². The molecule has 1 unspecified atom stereocenters. The highest BCUT2D eigenvalue weighted by Crippen LogP contribution is 2.11. The molecular formula is C18H28N4O2. The molecule has 0 bridgehead atoms. The third-order valence-electron chi connectivity index (χ3n) is 4.28. The van der Waals surface area contributed by atoms with E-state index >= 15 is 0 Å². The van der Waals surface area contributed by atoms with Crippen LogP contribution in [0.3, 0.4) is 0 Å². The number of likely N-dealkylation sites (N-methyl/N-ethyl adjacent to an activating group) is 1. The van der Waals surface area contributed by atoms with Crippen molar-refractivity contribution in [2.24, 2.45) is 5.92 Å². The standard InChI is InChI=1S/C18H28N4O2/c1-14(2)16(17(23)22-11-7-10-21(3)12-13-22)20-18(24)19-15-8-5-4-6-9-15/h4-6,8-9,14,16H,7,10-13H2,1-3H3,(H2,19,20,24). The Morgan fingerprint density at radius 2 is 1.75 bits per heavy atom. The second-order valence-electron chi connectivity index (χ2n) is 6.67. The first-order valence-electron chi connectivity index (χ1n) is 8.57. The molecule has 1 aliphatic heterocycles. The number of anilines is 1. The molecule has 132 valence electrons. The fourth-order valence-electron chi connectivity index (χ4n) is 2.81. The van der Waals surface area contributed by atoms with E-state index < -0.39 is 6.04 Å². The van der Waals surface area contributed by atoms with E-state index in [1.165, 1.54) is 0 Å². The van der Waals surface area contributed by atoms with Crippen molar-refractivity contribution in [1.82, 2.24) is 15.1 Å². The van der Waals surface area contributed by atoms with Gasteiger partial charge in [0.05, 0.1) is 0 Å². The first kappa shape index (κ1) is 18.3. The lowest BCUT2D eigenvalue weighted by Gasteiger charge is -2.29. The normalized spacial score (nSPS) is 17.2. The van der Waals surface area contributed by atoms with Gasteiger partial charge in [-0.25, -0.2) is 4.79 Å². The van der Waals surface area contributed by atoms with Crippen LogP contribution in [0.5, 0.6) is 0 Å². The maximum Gasteiger partial charge on any atom is 0.319 e. The first-order valence-corrected chi connectivity index (χ1v) is 8.57. The minimum absolute atomic E-state index is 0.00325. The molecule has 0 aromatic heterocycles. The average molecular weight is 332 g/mol. The molecule has 1 aliphatic rings. The number of urea groups is 1. The SMILES string of the molecule is CC(C)C(NC(=O)Nc1ccccc1)C(=O)N1CCCN(C)CC1. The van der Waals surface area contributed by atoms with Gasteiger partial charge in [-0.1, -0.05) is 32.0 Å². The Morgan fingerprint density at radius 3 is 2.42 bits per heavy atom. The highest BCUT2D eigenvalue weighted by Gasteiger charge is 2.29. The molecule has 0 spiro atoms. The van der Waals surface area contributed by atoms with Crippen LogP contribution in [-0.2, 0) is 4.79 Å². The summed E-state index contributed by atoms with van der Waals surface area (Å²) < 4.78 is 0. The molecule has 0 aliphatic carbocycles. The number of rotatable bonds is 4. The molecule has 6 nitrogen and oxygen atoms in total. The molecule has 1 aromatic carbocycles. The summed E-state index contributed by atoms with van der Waals surface area (Å²) in [5.74, 6) is 0.0310. The van der Waals surface area contributed by atoms with E-state index in [1.54, 1.807) is 0 Å². The van der Waals surface area contributed by atoms with Gasteiger partial charge >= 0.3 is 6.03 Å². The maximum atomic E-state index is 12.9. The summed E-state index contributed by atoms with van der Waals surface area (Å²) in [4.78, 5) is 29.2. The Labute approximate surface area is 144 Å². The van der Waals surface area contributed by atoms with Crippen molar-refractivity contribution in [1.29, 1.82) is 0 Å². The van der Waals surface area contributed by atoms with Gasteiger partial charge in [0, 0.05) is 25.3 Å². The Balaban J connectivity index is 1.97. The third kappa shape index (κ3) is 5.23. The summed E-state index contributed by atoms with van der Waals surface area (Å²) in [6.45, 7) is 7.23. The van der Waals surface area contributed by atoms with Crippen molar-refractivity contribution in [2.45, 2.75) is 26.3 Å². The van der Waals surface area contributed by atoms with Gasteiger partial charge < -0.3 is 20.4 Å². The van der Waals surface area contributed by atoms with Crippen LogP contribution in [0.25, 0.3) is 0 Å². The molecule has 1 fully saturated rings. The largest absolute Gasteiger partial charge is 0.340 e. The van der Waals surface area contributed by atoms with E-state index in [9.17, 15) is 9.59 Å². The van der Waals surface area contributed by atoms with Crippen LogP contribution in [0.1, 0.15) is 20.3 Å². The van der Waals surface area contributed by atoms with E-state index in [0.29, 0.717) is 12.2 Å². The zero-order valence-corrected chi connectivity index (χ0v) is 14.8. The number of hydrogen-bond donors (Lipinski definition) is 2. The lowest BCUT2D eigenvalue weighted by Crippen LogP contribution is -2.52. The molecule has 1 heterocycles. The van der Waals surface area contributed by atoms with Crippen LogP contribution in [-0.4, -0.2) is 61.0 Å². The number of benzene rings is 1. The smallest absolute Gasteiger partial charge is 0.319 e. The van der Waals surface area contributed by atoms with Crippen LogP contribution in [0, 0.1) is 5.92 Å². The molecule has 3 amide bonds. The lowest BCUT2D eigenvalue weighted by molar-refractivity contribution is -0.134. The van der Waals surface area contributed by atoms with Gasteiger partial charge in [0.1, 0.15) is 6.04 Å². The molecule has 0 saturated carbocycles. The Kier molecular flexibility index (Phi) is 6.61. The summed E-state index contributed by atoms with van der Waals surface area (Å²) in [6.07, 6.45) is 0.962. The summed E-state index contributed by atoms with van der Waals surface area (Å²) >= 11 is 0. The van der Waals surface area contributed by atoms with Gasteiger partial charge in [0.25, 0.3) is 0 Å². The van der Waals surface area contributed by atoms with Gasteiger partial charge in [0.15, 0.2) is 0 Å². The van der Waals surface area contributed by atoms with Gasteiger partial charge in [0.2, 0.25) is 5.91 Å². The van der Waals surface area contributed by atoms with Crippen molar-refractivity contribution < 1.29 is 9.59 Å². The summed E-state index contributed by atoms with van der Waals surface area (Å²) in [5, 5.41) is 5.61. The third-order valence-corrected chi connectivity index (χ3v) is 4.28. The monoisotopic (exact) mass is 332 g/mol. The summed E-state index contributed by atoms with van der Waals surface area (Å²) in [5.41, 5.74) is 0.710. The molecule has 1 aromatic rings. The molecular weight excluding hydrogens is 304 g/mol. The number of nitrogens with zero attached hydrogens (tertiary/aromatic N) is 2. The van der Waals surface area contributed by atoms with Crippen LogP contribution in [0.15, 0.2) is 30.3 Å². The minimum atomic E-state index is -0.517. The fourth-order valence-corrected chi connectivity index (χ4v) is 2.81. The van der Waals surface area contributed by atoms with E-state index in [1.807, 2.05) is 49.1 Å². The molecule has 1 saturated heterocycles. The Hall–Kier alpha value is -2.08. The summed E-state index contributed by atoms with van der Waals surface area (Å²) in [7, 11) is 2.07. The second-order valence-corrected chi connectivity index (χ2v) is 6.67. The highest BCUT2D eigenvalue weighted by atomic mass is 16.2. The molecule has 2 rings (SSSR count). The molecule has 24 heavy (non-hydrogen) atoms. The average Bonchev–Trinajstić information content (AvgIpc) is 2.77. The van der Waals surface area contributed by atoms with E-state index in [-0.39, 0.29) is 17.9 Å². The van der Waals surface area contributed by atoms with Crippen molar-refractivity contribution >= 4 is 17.6 Å². The van der Waals surface area contributed by atoms with Gasteiger partial charge in [-0.15, -0.1) is 0 Å². The number of nitrogens with one attached hydrogen (secondary N) is 2. The number of para-hydroxylation sites is 1. The van der Waals surface area contributed by atoms with Gasteiger partial charge in [-0.2, -0.15) is 0 Å². The zero-order chi connectivity index (χ0) is 17.5. The van der Waals surface area contributed by atoms with Crippen molar-refractivity contribution in [2.75, 3.05) is 38.5 Å². The van der Waals surface area contributed by atoms with Gasteiger partial charge in [-0.05, 0) is 38.1 Å². The molecule has 6 heteroatoms. The molecule has 1 atom stereocenters. The van der Waals surface area contributed by atoms with Crippen molar-refractivity contribution in [3.05, 3.63) is 30.3 Å². The number of hydrogen-bond acceptors (Lipinski definition) is 3. The number of carbonyl (C=O) groups is 2. The fraction of sp³-hybridized carbons (Fsp3) is 0.556. The van der Waals surface area contributed by atoms with Crippen LogP contribution in [0.2, 0.25) is 0 Å². The van der Waals surface area contributed by atoms with Gasteiger partial charge in [-0.3, -0.25) is 4.79 Å². The lowest BCUT2D eigenvalue weighted by atomic mass is 10.0.